The number of hydrogen-bond acceptors (Lipinski definition) is 2. The van der Waals surface area contributed by atoms with Crippen LogP contribution in [0.2, 0.25) is 0 Å². The summed E-state index contributed by atoms with van der Waals surface area (Å²) < 4.78 is 13.8. The summed E-state index contributed by atoms with van der Waals surface area (Å²) in [5, 5.41) is 0. The minimum absolute atomic E-state index is 0.212. The van der Waals surface area contributed by atoms with E-state index in [1.54, 1.807) is 12.1 Å². The lowest BCUT2D eigenvalue weighted by Gasteiger charge is -2.29. The van der Waals surface area contributed by atoms with Gasteiger partial charge >= 0.3 is 0 Å². The van der Waals surface area contributed by atoms with Gasteiger partial charge in [-0.15, -0.1) is 0 Å². The molecule has 1 aliphatic carbocycles. The van der Waals surface area contributed by atoms with Crippen molar-refractivity contribution in [3.05, 3.63) is 41.2 Å². The zero-order valence-electron chi connectivity index (χ0n) is 9.87. The normalized spacial score (nSPS) is 24.3. The van der Waals surface area contributed by atoms with Gasteiger partial charge in [0.25, 0.3) is 0 Å². The van der Waals surface area contributed by atoms with Crippen LogP contribution >= 0.6 is 0 Å². The molecule has 0 saturated heterocycles. The van der Waals surface area contributed by atoms with Gasteiger partial charge in [-0.1, -0.05) is 18.2 Å². The molecule has 0 heterocycles. The first-order chi connectivity index (χ1) is 8.03. The molecule has 0 amide bonds. The highest BCUT2D eigenvalue weighted by Crippen LogP contribution is 2.33. The quantitative estimate of drug-likeness (QED) is 0.798. The van der Waals surface area contributed by atoms with Crippen LogP contribution in [0.4, 0.5) is 4.39 Å². The molecule has 90 valence electrons. The number of benzene rings is 1. The van der Waals surface area contributed by atoms with Crippen LogP contribution in [0.15, 0.2) is 24.3 Å². The largest absolute Gasteiger partial charge is 0.325 e. The summed E-state index contributed by atoms with van der Waals surface area (Å²) in [6.07, 6.45) is 4.90. The van der Waals surface area contributed by atoms with E-state index in [9.17, 15) is 9.18 Å². The van der Waals surface area contributed by atoms with Gasteiger partial charge in [0.15, 0.2) is 6.29 Å². The van der Waals surface area contributed by atoms with E-state index in [1.807, 2.05) is 13.0 Å². The lowest BCUT2D eigenvalue weighted by atomic mass is 9.82. The molecule has 0 fully saturated rings. The van der Waals surface area contributed by atoms with E-state index >= 15 is 0 Å². The second kappa shape index (κ2) is 4.41. The van der Waals surface area contributed by atoms with Crippen molar-refractivity contribution in [3.63, 3.8) is 0 Å². The Morgan fingerprint density at radius 3 is 2.82 bits per heavy atom. The van der Waals surface area contributed by atoms with E-state index in [1.165, 1.54) is 6.07 Å². The van der Waals surface area contributed by atoms with Crippen LogP contribution in [0.1, 0.15) is 42.1 Å². The maximum atomic E-state index is 13.8. The van der Waals surface area contributed by atoms with Gasteiger partial charge in [-0.2, -0.15) is 0 Å². The average molecular weight is 233 g/mol. The number of rotatable bonds is 2. The summed E-state index contributed by atoms with van der Waals surface area (Å²) in [6, 6.07) is 4.58. The van der Waals surface area contributed by atoms with Gasteiger partial charge in [0, 0.05) is 16.7 Å². The van der Waals surface area contributed by atoms with Crippen molar-refractivity contribution >= 4 is 11.9 Å². The van der Waals surface area contributed by atoms with Gasteiger partial charge in [0.2, 0.25) is 0 Å². The topological polar surface area (TPSA) is 43.1 Å². The molecule has 1 unspecified atom stereocenters. The number of allylic oxidation sites excluding steroid dienone is 1. The van der Waals surface area contributed by atoms with Gasteiger partial charge in [0.1, 0.15) is 5.82 Å². The standard InChI is InChI=1S/C14H16FNO/c1-14(16)7-5-10(6-8-14)13-11(9-17)3-2-4-12(13)15/h2-5,9H,6-8,16H2,1H3. The Kier molecular flexibility index (Phi) is 3.11. The highest BCUT2D eigenvalue weighted by Gasteiger charge is 2.24. The molecule has 1 aliphatic rings. The Morgan fingerprint density at radius 2 is 2.24 bits per heavy atom. The Bertz CT molecular complexity index is 477. The summed E-state index contributed by atoms with van der Waals surface area (Å²) in [4.78, 5) is 10.9. The molecule has 0 radical (unpaired) electrons. The van der Waals surface area contributed by atoms with Crippen molar-refractivity contribution in [1.82, 2.24) is 0 Å². The molecule has 17 heavy (non-hydrogen) atoms. The van der Waals surface area contributed by atoms with E-state index < -0.39 is 0 Å². The molecule has 3 heteroatoms. The van der Waals surface area contributed by atoms with Crippen molar-refractivity contribution < 1.29 is 9.18 Å². The van der Waals surface area contributed by atoms with Gasteiger partial charge in [-0.3, -0.25) is 4.79 Å². The Hall–Kier alpha value is -1.48. The van der Waals surface area contributed by atoms with E-state index in [4.69, 9.17) is 5.73 Å². The van der Waals surface area contributed by atoms with Crippen LogP contribution in [0, 0.1) is 5.82 Å². The second-order valence-electron chi connectivity index (χ2n) is 4.91. The van der Waals surface area contributed by atoms with Gasteiger partial charge in [-0.25, -0.2) is 4.39 Å². The number of carbonyl (C=O) groups excluding carboxylic acids is 1. The van der Waals surface area contributed by atoms with E-state index in [-0.39, 0.29) is 11.4 Å². The molecule has 0 spiro atoms. The molecular formula is C14H16FNO. The number of hydrogen-bond donors (Lipinski definition) is 1. The molecule has 1 atom stereocenters. The minimum Gasteiger partial charge on any atom is -0.325 e. The molecule has 2 N–H and O–H groups in total. The van der Waals surface area contributed by atoms with Crippen molar-refractivity contribution in [2.24, 2.45) is 5.73 Å². The highest BCUT2D eigenvalue weighted by atomic mass is 19.1. The van der Waals surface area contributed by atoms with Crippen molar-refractivity contribution in [2.75, 3.05) is 0 Å². The second-order valence-corrected chi connectivity index (χ2v) is 4.91. The van der Waals surface area contributed by atoms with Crippen LogP contribution in [0.3, 0.4) is 0 Å². The van der Waals surface area contributed by atoms with E-state index in [0.717, 1.165) is 24.8 Å². The zero-order chi connectivity index (χ0) is 12.5. The zero-order valence-corrected chi connectivity index (χ0v) is 9.87. The van der Waals surface area contributed by atoms with Crippen LogP contribution in [-0.2, 0) is 0 Å². The average Bonchev–Trinajstić information content (AvgIpc) is 2.29. The molecule has 1 aromatic rings. The fraction of sp³-hybridized carbons (Fsp3) is 0.357. The fourth-order valence-electron chi connectivity index (χ4n) is 2.19. The summed E-state index contributed by atoms with van der Waals surface area (Å²) in [6.45, 7) is 1.99. The maximum Gasteiger partial charge on any atom is 0.150 e. The third-order valence-corrected chi connectivity index (χ3v) is 3.27. The Balaban J connectivity index is 2.42. The lowest BCUT2D eigenvalue weighted by Crippen LogP contribution is -2.37. The number of nitrogens with two attached hydrogens (primary N) is 1. The molecule has 1 aromatic carbocycles. The predicted octanol–water partition coefficient (Wildman–Crippen LogP) is 2.92. The predicted molar refractivity (Wildman–Crippen MR) is 66.2 cm³/mol. The van der Waals surface area contributed by atoms with E-state index in [0.29, 0.717) is 17.4 Å². The number of carbonyl (C=O) groups is 1. The van der Waals surface area contributed by atoms with Crippen molar-refractivity contribution in [3.8, 4) is 0 Å². The fourth-order valence-corrected chi connectivity index (χ4v) is 2.19. The third-order valence-electron chi connectivity index (χ3n) is 3.27. The lowest BCUT2D eigenvalue weighted by molar-refractivity contribution is 0.112. The monoisotopic (exact) mass is 233 g/mol. The molecule has 0 aromatic heterocycles. The van der Waals surface area contributed by atoms with Crippen molar-refractivity contribution in [2.45, 2.75) is 31.7 Å². The maximum absolute atomic E-state index is 13.8. The minimum atomic E-state index is -0.332. The van der Waals surface area contributed by atoms with Crippen molar-refractivity contribution in [1.29, 1.82) is 0 Å². The SMILES string of the molecule is CC1(N)CC=C(c2c(F)cccc2C=O)CC1. The third kappa shape index (κ3) is 2.44. The van der Waals surface area contributed by atoms with Crippen LogP contribution in [-0.4, -0.2) is 11.8 Å². The smallest absolute Gasteiger partial charge is 0.150 e. The summed E-state index contributed by atoms with van der Waals surface area (Å²) >= 11 is 0. The van der Waals surface area contributed by atoms with Gasteiger partial charge in [0.05, 0.1) is 0 Å². The Morgan fingerprint density at radius 1 is 1.47 bits per heavy atom. The molecule has 2 rings (SSSR count). The molecule has 0 saturated carbocycles. The summed E-state index contributed by atoms with van der Waals surface area (Å²) in [7, 11) is 0. The first-order valence-electron chi connectivity index (χ1n) is 5.75. The molecule has 2 nitrogen and oxygen atoms in total. The van der Waals surface area contributed by atoms with Gasteiger partial charge < -0.3 is 5.73 Å². The number of aldehydes is 1. The van der Waals surface area contributed by atoms with Gasteiger partial charge in [-0.05, 0) is 37.8 Å². The van der Waals surface area contributed by atoms with Crippen LogP contribution in [0.25, 0.3) is 5.57 Å². The summed E-state index contributed by atoms with van der Waals surface area (Å²) in [5.41, 5.74) is 7.56. The molecular weight excluding hydrogens is 217 g/mol. The van der Waals surface area contributed by atoms with Crippen LogP contribution < -0.4 is 5.73 Å². The first kappa shape index (κ1) is 12.0. The highest BCUT2D eigenvalue weighted by molar-refractivity contribution is 5.86. The number of halogens is 1. The Labute approximate surface area is 100 Å². The molecule has 0 aliphatic heterocycles. The first-order valence-corrected chi connectivity index (χ1v) is 5.75. The summed E-state index contributed by atoms with van der Waals surface area (Å²) in [5.74, 6) is -0.332. The van der Waals surface area contributed by atoms with Crippen LogP contribution in [0.5, 0.6) is 0 Å². The molecule has 0 bridgehead atoms. The van der Waals surface area contributed by atoms with E-state index in [2.05, 4.69) is 0 Å².